The summed E-state index contributed by atoms with van der Waals surface area (Å²) >= 11 is 1.55. The quantitative estimate of drug-likeness (QED) is 0.543. The maximum atomic E-state index is 12.8. The maximum Gasteiger partial charge on any atom is 0.252 e. The molecule has 0 atom stereocenters. The fourth-order valence-corrected chi connectivity index (χ4v) is 4.02. The first-order chi connectivity index (χ1) is 13.3. The van der Waals surface area contributed by atoms with Gasteiger partial charge in [-0.05, 0) is 38.3 Å². The predicted molar refractivity (Wildman–Crippen MR) is 111 cm³/mol. The van der Waals surface area contributed by atoms with Crippen LogP contribution in [0.2, 0.25) is 0 Å². The minimum absolute atomic E-state index is 0.00445. The molecular weight excluding hydrogens is 398 g/mol. The molecule has 0 unspecified atom stereocenters. The van der Waals surface area contributed by atoms with Gasteiger partial charge in [-0.25, -0.2) is 22.8 Å². The number of hydrogen-bond donors (Lipinski definition) is 2. The molecule has 0 radical (unpaired) electrons. The summed E-state index contributed by atoms with van der Waals surface area (Å²) in [6.45, 7) is 5.90. The molecule has 10 heteroatoms. The van der Waals surface area contributed by atoms with Crippen LogP contribution in [0, 0.1) is 0 Å². The molecule has 3 rings (SSSR count). The summed E-state index contributed by atoms with van der Waals surface area (Å²) in [4.78, 5) is 18.5. The van der Waals surface area contributed by atoms with Gasteiger partial charge in [-0.1, -0.05) is 6.07 Å². The van der Waals surface area contributed by atoms with Gasteiger partial charge in [0.25, 0.3) is 5.91 Å². The van der Waals surface area contributed by atoms with Crippen LogP contribution < -0.4 is 10.0 Å². The molecule has 2 N–H and O–H groups in total. The SMILES string of the molecule is CCS(=O)(=O)NCCNC(=O)c1cc(-c2cccs2)nc2c1cnn2C(C)C. The van der Waals surface area contributed by atoms with Gasteiger partial charge in [-0.2, -0.15) is 5.10 Å². The molecule has 3 aromatic heterocycles. The Morgan fingerprint density at radius 2 is 2.11 bits per heavy atom. The molecule has 8 nitrogen and oxygen atoms in total. The van der Waals surface area contributed by atoms with E-state index in [9.17, 15) is 13.2 Å². The third-order valence-electron chi connectivity index (χ3n) is 4.19. The Hall–Kier alpha value is -2.30. The highest BCUT2D eigenvalue weighted by Crippen LogP contribution is 2.28. The van der Waals surface area contributed by atoms with Crippen LogP contribution in [0.15, 0.2) is 29.8 Å². The summed E-state index contributed by atoms with van der Waals surface area (Å²) < 4.78 is 27.2. The number of nitrogens with zero attached hydrogens (tertiary/aromatic N) is 3. The Bertz CT molecular complexity index is 1070. The number of rotatable bonds is 8. The Kier molecular flexibility index (Phi) is 6.11. The third-order valence-corrected chi connectivity index (χ3v) is 6.48. The first kappa shape index (κ1) is 20.4. The van der Waals surface area contributed by atoms with Crippen molar-refractivity contribution in [2.24, 2.45) is 0 Å². The molecule has 0 aliphatic carbocycles. The van der Waals surface area contributed by atoms with E-state index in [-0.39, 0.29) is 30.8 Å². The lowest BCUT2D eigenvalue weighted by Gasteiger charge is -2.11. The molecule has 28 heavy (non-hydrogen) atoms. The zero-order valence-electron chi connectivity index (χ0n) is 16.0. The second kappa shape index (κ2) is 8.38. The molecule has 0 aliphatic rings. The number of fused-ring (bicyclic) bond motifs is 1. The second-order valence-corrected chi connectivity index (χ2v) is 9.55. The van der Waals surface area contributed by atoms with Crippen LogP contribution in [0.1, 0.15) is 37.2 Å². The molecule has 0 saturated heterocycles. The lowest BCUT2D eigenvalue weighted by Crippen LogP contribution is -2.35. The minimum Gasteiger partial charge on any atom is -0.351 e. The van der Waals surface area contributed by atoms with Crippen molar-refractivity contribution in [2.75, 3.05) is 18.8 Å². The monoisotopic (exact) mass is 421 g/mol. The first-order valence-corrected chi connectivity index (χ1v) is 11.5. The maximum absolute atomic E-state index is 12.8. The van der Waals surface area contributed by atoms with Crippen molar-refractivity contribution in [1.82, 2.24) is 24.8 Å². The first-order valence-electron chi connectivity index (χ1n) is 9.00. The molecule has 0 spiro atoms. The fraction of sp³-hybridized carbons (Fsp3) is 0.389. The second-order valence-electron chi connectivity index (χ2n) is 6.51. The topological polar surface area (TPSA) is 106 Å². The van der Waals surface area contributed by atoms with Crippen LogP contribution in [-0.4, -0.2) is 47.9 Å². The van der Waals surface area contributed by atoms with Crippen LogP contribution in [0.5, 0.6) is 0 Å². The smallest absolute Gasteiger partial charge is 0.252 e. The average Bonchev–Trinajstić information content (AvgIpc) is 3.33. The zero-order chi connectivity index (χ0) is 20.3. The molecule has 3 heterocycles. The van der Waals surface area contributed by atoms with Gasteiger partial charge in [0.1, 0.15) is 0 Å². The van der Waals surface area contributed by atoms with Crippen LogP contribution in [-0.2, 0) is 10.0 Å². The largest absolute Gasteiger partial charge is 0.351 e. The van der Waals surface area contributed by atoms with Crippen molar-refractivity contribution in [3.8, 4) is 10.6 Å². The van der Waals surface area contributed by atoms with E-state index in [2.05, 4.69) is 15.1 Å². The minimum atomic E-state index is -3.28. The Balaban J connectivity index is 1.90. The van der Waals surface area contributed by atoms with E-state index < -0.39 is 10.0 Å². The highest BCUT2D eigenvalue weighted by atomic mass is 32.2. The number of carbonyl (C=O) groups excluding carboxylic acids is 1. The number of carbonyl (C=O) groups is 1. The van der Waals surface area contributed by atoms with Crippen molar-refractivity contribution in [2.45, 2.75) is 26.8 Å². The number of aromatic nitrogens is 3. The summed E-state index contributed by atoms with van der Waals surface area (Å²) in [5.74, 6) is -0.283. The van der Waals surface area contributed by atoms with Crippen molar-refractivity contribution >= 4 is 38.3 Å². The van der Waals surface area contributed by atoms with E-state index in [1.54, 1.807) is 35.2 Å². The Labute approximate surface area is 168 Å². The van der Waals surface area contributed by atoms with Crippen LogP contribution in [0.25, 0.3) is 21.6 Å². The molecule has 0 aromatic carbocycles. The van der Waals surface area contributed by atoms with Crippen LogP contribution >= 0.6 is 11.3 Å². The average molecular weight is 422 g/mol. The number of amides is 1. The van der Waals surface area contributed by atoms with E-state index in [1.807, 2.05) is 31.4 Å². The molecule has 1 amide bonds. The van der Waals surface area contributed by atoms with E-state index in [0.29, 0.717) is 22.3 Å². The molecule has 0 saturated carbocycles. The van der Waals surface area contributed by atoms with Crippen molar-refractivity contribution in [3.05, 3.63) is 35.3 Å². The summed E-state index contributed by atoms with van der Waals surface area (Å²) in [6, 6.07) is 5.75. The van der Waals surface area contributed by atoms with Crippen molar-refractivity contribution in [3.63, 3.8) is 0 Å². The normalized spacial score (nSPS) is 12.0. The van der Waals surface area contributed by atoms with Crippen molar-refractivity contribution < 1.29 is 13.2 Å². The van der Waals surface area contributed by atoms with Crippen LogP contribution in [0.4, 0.5) is 0 Å². The Morgan fingerprint density at radius 1 is 1.32 bits per heavy atom. The van der Waals surface area contributed by atoms with E-state index in [4.69, 9.17) is 4.98 Å². The van der Waals surface area contributed by atoms with Gasteiger partial charge in [0.05, 0.1) is 33.5 Å². The predicted octanol–water partition coefficient (Wildman–Crippen LogP) is 2.41. The number of pyridine rings is 1. The summed E-state index contributed by atoms with van der Waals surface area (Å²) in [7, 11) is -3.28. The molecular formula is C18H23N5O3S2. The lowest BCUT2D eigenvalue weighted by atomic mass is 10.1. The van der Waals surface area contributed by atoms with Gasteiger partial charge < -0.3 is 5.32 Å². The molecule has 0 aliphatic heterocycles. The van der Waals surface area contributed by atoms with E-state index in [0.717, 1.165) is 4.88 Å². The van der Waals surface area contributed by atoms with Crippen molar-refractivity contribution in [1.29, 1.82) is 0 Å². The molecule has 0 fully saturated rings. The van der Waals surface area contributed by atoms with Gasteiger partial charge in [0.2, 0.25) is 10.0 Å². The van der Waals surface area contributed by atoms with Crippen LogP contribution in [0.3, 0.4) is 0 Å². The summed E-state index contributed by atoms with van der Waals surface area (Å²) in [5.41, 5.74) is 1.83. The van der Waals surface area contributed by atoms with E-state index in [1.165, 1.54) is 0 Å². The highest BCUT2D eigenvalue weighted by molar-refractivity contribution is 7.89. The summed E-state index contributed by atoms with van der Waals surface area (Å²) in [5, 5.41) is 9.78. The van der Waals surface area contributed by atoms with E-state index >= 15 is 0 Å². The van der Waals surface area contributed by atoms with Gasteiger partial charge in [-0.3, -0.25) is 4.79 Å². The zero-order valence-corrected chi connectivity index (χ0v) is 17.6. The van der Waals surface area contributed by atoms with Gasteiger partial charge in [0.15, 0.2) is 5.65 Å². The molecule has 150 valence electrons. The van der Waals surface area contributed by atoms with Gasteiger partial charge >= 0.3 is 0 Å². The fourth-order valence-electron chi connectivity index (χ4n) is 2.71. The van der Waals surface area contributed by atoms with Gasteiger partial charge in [-0.15, -0.1) is 11.3 Å². The number of nitrogens with one attached hydrogen (secondary N) is 2. The third kappa shape index (κ3) is 4.40. The lowest BCUT2D eigenvalue weighted by molar-refractivity contribution is 0.0956. The molecule has 3 aromatic rings. The molecule has 0 bridgehead atoms. The Morgan fingerprint density at radius 3 is 2.75 bits per heavy atom. The van der Waals surface area contributed by atoms with Gasteiger partial charge in [0, 0.05) is 19.1 Å². The number of thiophene rings is 1. The standard InChI is InChI=1S/C18H23N5O3S2/c1-4-28(25,26)21-8-7-19-18(24)13-10-15(16-6-5-9-27-16)22-17-14(13)11-20-23(17)12(2)3/h5-6,9-12,21H,4,7-8H2,1-3H3,(H,19,24). The summed E-state index contributed by atoms with van der Waals surface area (Å²) in [6.07, 6.45) is 1.65. The number of hydrogen-bond acceptors (Lipinski definition) is 6. The highest BCUT2D eigenvalue weighted by Gasteiger charge is 2.18. The number of sulfonamides is 1.